The highest BCUT2D eigenvalue weighted by Crippen LogP contribution is 2.32. The van der Waals surface area contributed by atoms with Crippen LogP contribution < -0.4 is 14.4 Å². The van der Waals surface area contributed by atoms with Crippen LogP contribution in [-0.4, -0.2) is 56.7 Å². The largest absolute Gasteiger partial charge is 0.493 e. The number of ether oxygens (including phenoxy) is 2. The summed E-state index contributed by atoms with van der Waals surface area (Å²) in [4.78, 5) is 21.6. The number of carbonyl (C=O) groups is 1. The first-order valence-electron chi connectivity index (χ1n) is 9.47. The van der Waals surface area contributed by atoms with E-state index in [0.29, 0.717) is 23.2 Å². The van der Waals surface area contributed by atoms with Crippen molar-refractivity contribution in [1.29, 1.82) is 0 Å². The second-order valence-corrected chi connectivity index (χ2v) is 8.19. The summed E-state index contributed by atoms with van der Waals surface area (Å²) in [5, 5.41) is 0.698. The Bertz CT molecular complexity index is 1010. The van der Waals surface area contributed by atoms with Crippen molar-refractivity contribution in [2.24, 2.45) is 0 Å². The maximum absolute atomic E-state index is 13.1. The number of thiazole rings is 1. The van der Waals surface area contributed by atoms with E-state index in [1.807, 2.05) is 37.2 Å². The molecule has 0 unspecified atom stereocenters. The minimum absolute atomic E-state index is 0. The van der Waals surface area contributed by atoms with Crippen LogP contribution in [0.25, 0.3) is 10.2 Å². The highest BCUT2D eigenvalue weighted by atomic mass is 35.5. The molecule has 0 radical (unpaired) electrons. The second kappa shape index (κ2) is 10.6. The zero-order chi connectivity index (χ0) is 21.0. The normalized spacial score (nSPS) is 10.7. The number of carbonyl (C=O) groups excluding carboxylic acids is 1. The van der Waals surface area contributed by atoms with E-state index < -0.39 is 0 Å². The lowest BCUT2D eigenvalue weighted by Crippen LogP contribution is -2.39. The van der Waals surface area contributed by atoms with Crippen LogP contribution in [0.15, 0.2) is 36.4 Å². The highest BCUT2D eigenvalue weighted by Gasteiger charge is 2.21. The molecule has 0 aliphatic heterocycles. The van der Waals surface area contributed by atoms with E-state index in [-0.39, 0.29) is 24.9 Å². The van der Waals surface area contributed by atoms with Crippen LogP contribution in [0.5, 0.6) is 11.5 Å². The lowest BCUT2D eigenvalue weighted by molar-refractivity contribution is -0.120. The minimum atomic E-state index is -0.133. The Morgan fingerprint density at radius 2 is 1.80 bits per heavy atom. The fourth-order valence-electron chi connectivity index (χ4n) is 3.06. The zero-order valence-electron chi connectivity index (χ0n) is 18.0. The zero-order valence-corrected chi connectivity index (χ0v) is 19.6. The maximum atomic E-state index is 13.1. The van der Waals surface area contributed by atoms with Gasteiger partial charge in [-0.25, -0.2) is 4.98 Å². The molecule has 0 saturated heterocycles. The smallest absolute Gasteiger partial charge is 0.266 e. The van der Waals surface area contributed by atoms with E-state index in [9.17, 15) is 4.79 Å². The maximum Gasteiger partial charge on any atom is 0.266 e. The molecule has 0 spiro atoms. The minimum Gasteiger partial charge on any atom is -0.493 e. The quantitative estimate of drug-likeness (QED) is 0.512. The van der Waals surface area contributed by atoms with E-state index in [1.54, 1.807) is 29.4 Å². The van der Waals surface area contributed by atoms with Crippen LogP contribution in [0.2, 0.25) is 0 Å². The van der Waals surface area contributed by atoms with E-state index >= 15 is 0 Å². The summed E-state index contributed by atoms with van der Waals surface area (Å²) in [6.45, 7) is 5.32. The first-order valence-corrected chi connectivity index (χ1v) is 10.3. The van der Waals surface area contributed by atoms with Crippen molar-refractivity contribution in [3.63, 3.8) is 0 Å². The Balaban J connectivity index is 0.00000320. The number of aromatic nitrogens is 1. The molecule has 3 rings (SSSR count). The number of para-hydroxylation sites is 2. The summed E-state index contributed by atoms with van der Waals surface area (Å²) in [6, 6.07) is 11.5. The fourth-order valence-corrected chi connectivity index (χ4v) is 4.12. The molecule has 1 aromatic heterocycles. The van der Waals surface area contributed by atoms with Crippen molar-refractivity contribution in [2.45, 2.75) is 13.8 Å². The molecule has 0 aliphatic rings. The predicted molar refractivity (Wildman–Crippen MR) is 126 cm³/mol. The van der Waals surface area contributed by atoms with Crippen molar-refractivity contribution in [3.05, 3.63) is 47.5 Å². The van der Waals surface area contributed by atoms with Gasteiger partial charge in [-0.05, 0) is 57.3 Å². The van der Waals surface area contributed by atoms with Crippen molar-refractivity contribution in [3.8, 4) is 11.5 Å². The summed E-state index contributed by atoms with van der Waals surface area (Å²) in [5.74, 6) is 1.02. The fraction of sp³-hybridized carbons (Fsp3) is 0.364. The van der Waals surface area contributed by atoms with Crippen LogP contribution in [0.4, 0.5) is 5.13 Å². The topological polar surface area (TPSA) is 54.9 Å². The van der Waals surface area contributed by atoms with Crippen LogP contribution in [0, 0.1) is 13.8 Å². The van der Waals surface area contributed by atoms with E-state index in [2.05, 4.69) is 26.0 Å². The van der Waals surface area contributed by atoms with Crippen LogP contribution in [0.1, 0.15) is 11.1 Å². The second-order valence-electron chi connectivity index (χ2n) is 7.21. The summed E-state index contributed by atoms with van der Waals surface area (Å²) in [6.07, 6.45) is 0. The molecule has 0 atom stereocenters. The number of hydrogen-bond acceptors (Lipinski definition) is 6. The number of fused-ring (bicyclic) bond motifs is 1. The molecule has 1 heterocycles. The van der Waals surface area contributed by atoms with Gasteiger partial charge in [-0.2, -0.15) is 0 Å². The molecule has 162 valence electrons. The van der Waals surface area contributed by atoms with E-state index in [0.717, 1.165) is 22.3 Å². The molecule has 0 aliphatic carbocycles. The summed E-state index contributed by atoms with van der Waals surface area (Å²) >= 11 is 1.55. The molecular weight excluding hydrogens is 422 g/mol. The van der Waals surface area contributed by atoms with Gasteiger partial charge in [0.25, 0.3) is 5.91 Å². The summed E-state index contributed by atoms with van der Waals surface area (Å²) < 4.78 is 12.2. The Labute approximate surface area is 187 Å². The van der Waals surface area contributed by atoms with E-state index in [1.165, 1.54) is 5.56 Å². The van der Waals surface area contributed by atoms with Gasteiger partial charge in [0, 0.05) is 13.1 Å². The number of likely N-dealkylation sites (N-methyl/N-ethyl adjacent to an activating group) is 1. The number of rotatable bonds is 8. The van der Waals surface area contributed by atoms with Gasteiger partial charge < -0.3 is 14.4 Å². The average Bonchev–Trinajstić information content (AvgIpc) is 3.10. The van der Waals surface area contributed by atoms with Gasteiger partial charge in [-0.15, -0.1) is 12.4 Å². The Morgan fingerprint density at radius 3 is 2.47 bits per heavy atom. The van der Waals surface area contributed by atoms with Gasteiger partial charge >= 0.3 is 0 Å². The number of halogens is 1. The number of hydrogen-bond donors (Lipinski definition) is 0. The molecular formula is C22H28ClN3O3S. The number of anilines is 1. The molecule has 3 aromatic rings. The number of amides is 1. The van der Waals surface area contributed by atoms with Gasteiger partial charge in [0.2, 0.25) is 0 Å². The monoisotopic (exact) mass is 449 g/mol. The molecule has 1 amide bonds. The third-order valence-corrected chi connectivity index (χ3v) is 5.76. The molecule has 0 bridgehead atoms. The lowest BCUT2D eigenvalue weighted by atomic mass is 10.1. The van der Waals surface area contributed by atoms with Crippen LogP contribution in [0.3, 0.4) is 0 Å². The van der Waals surface area contributed by atoms with Crippen molar-refractivity contribution < 1.29 is 14.3 Å². The molecule has 30 heavy (non-hydrogen) atoms. The van der Waals surface area contributed by atoms with E-state index in [4.69, 9.17) is 14.5 Å². The molecule has 0 saturated carbocycles. The highest BCUT2D eigenvalue weighted by molar-refractivity contribution is 7.22. The third kappa shape index (κ3) is 5.62. The van der Waals surface area contributed by atoms with Crippen molar-refractivity contribution >= 4 is 45.0 Å². The number of benzene rings is 2. The SMILES string of the molecule is COc1ccccc1OCC(=O)N(CCN(C)C)c1nc2cc(C)cc(C)c2s1.Cl. The molecule has 6 nitrogen and oxygen atoms in total. The third-order valence-electron chi connectivity index (χ3n) is 4.53. The van der Waals surface area contributed by atoms with Crippen molar-refractivity contribution in [1.82, 2.24) is 9.88 Å². The first-order chi connectivity index (χ1) is 13.9. The predicted octanol–water partition coefficient (Wildman–Crippen LogP) is 4.32. The first kappa shape index (κ1) is 23.9. The molecule has 8 heteroatoms. The standard InChI is InChI=1S/C22H27N3O3S.ClH/c1-15-12-16(2)21-17(13-15)23-22(29-21)25(11-10-24(3)4)20(26)14-28-19-9-7-6-8-18(19)27-5;/h6-9,12-13H,10-11,14H2,1-5H3;1H. The average molecular weight is 450 g/mol. The summed E-state index contributed by atoms with van der Waals surface area (Å²) in [7, 11) is 5.55. The molecule has 0 fully saturated rings. The Hall–Kier alpha value is -2.35. The van der Waals surface area contributed by atoms with Crippen LogP contribution in [-0.2, 0) is 4.79 Å². The van der Waals surface area contributed by atoms with Gasteiger partial charge in [0.15, 0.2) is 23.2 Å². The number of methoxy groups -OCH3 is 1. The van der Waals surface area contributed by atoms with Gasteiger partial charge in [0.1, 0.15) is 0 Å². The molecule has 2 aromatic carbocycles. The summed E-state index contributed by atoms with van der Waals surface area (Å²) in [5.41, 5.74) is 3.27. The molecule has 0 N–H and O–H groups in total. The van der Waals surface area contributed by atoms with Gasteiger partial charge in [-0.1, -0.05) is 29.5 Å². The Morgan fingerprint density at radius 1 is 1.10 bits per heavy atom. The number of aryl methyl sites for hydroxylation is 2. The van der Waals surface area contributed by atoms with Gasteiger partial charge in [0.05, 0.1) is 17.3 Å². The lowest BCUT2D eigenvalue weighted by Gasteiger charge is -2.22. The number of nitrogens with zero attached hydrogens (tertiary/aromatic N) is 3. The van der Waals surface area contributed by atoms with Crippen LogP contribution >= 0.6 is 23.7 Å². The Kier molecular flexibility index (Phi) is 8.46. The van der Waals surface area contributed by atoms with Crippen molar-refractivity contribution in [2.75, 3.05) is 45.8 Å². The van der Waals surface area contributed by atoms with Gasteiger partial charge in [-0.3, -0.25) is 9.69 Å².